The van der Waals surface area contributed by atoms with Gasteiger partial charge in [0.05, 0.1) is 0 Å². The summed E-state index contributed by atoms with van der Waals surface area (Å²) in [5, 5.41) is 4.29. The van der Waals surface area contributed by atoms with Gasteiger partial charge in [0.25, 0.3) is 0 Å². The number of urea groups is 1. The SMILES string of the molecule is CCC1(c2ccc(Br)cc2)C(=O)NC(=O)NC1=O. The Morgan fingerprint density at radius 1 is 1.06 bits per heavy atom. The largest absolute Gasteiger partial charge is 0.328 e. The van der Waals surface area contributed by atoms with Crippen molar-refractivity contribution in [2.75, 3.05) is 0 Å². The lowest BCUT2D eigenvalue weighted by Gasteiger charge is -2.33. The van der Waals surface area contributed by atoms with Gasteiger partial charge in [-0.1, -0.05) is 35.0 Å². The van der Waals surface area contributed by atoms with Crippen molar-refractivity contribution >= 4 is 33.8 Å². The number of halogens is 1. The van der Waals surface area contributed by atoms with E-state index >= 15 is 0 Å². The summed E-state index contributed by atoms with van der Waals surface area (Å²) in [6, 6.07) is 6.13. The third-order valence-corrected chi connectivity index (χ3v) is 3.63. The summed E-state index contributed by atoms with van der Waals surface area (Å²) >= 11 is 3.29. The lowest BCUT2D eigenvalue weighted by Crippen LogP contribution is -2.64. The number of nitrogens with one attached hydrogen (secondary N) is 2. The van der Waals surface area contributed by atoms with E-state index in [9.17, 15) is 14.4 Å². The molecule has 0 saturated carbocycles. The van der Waals surface area contributed by atoms with Crippen LogP contribution in [0.2, 0.25) is 0 Å². The number of imide groups is 2. The fourth-order valence-corrected chi connectivity index (χ4v) is 2.34. The van der Waals surface area contributed by atoms with Crippen LogP contribution in [0.1, 0.15) is 18.9 Å². The Hall–Kier alpha value is -1.69. The summed E-state index contributed by atoms with van der Waals surface area (Å²) in [6.07, 6.45) is 0.277. The number of carbonyl (C=O) groups excluding carboxylic acids is 3. The molecule has 0 aromatic heterocycles. The topological polar surface area (TPSA) is 75.3 Å². The molecule has 18 heavy (non-hydrogen) atoms. The van der Waals surface area contributed by atoms with Gasteiger partial charge in [-0.3, -0.25) is 20.2 Å². The molecule has 0 atom stereocenters. The second kappa shape index (κ2) is 4.53. The molecule has 2 N–H and O–H groups in total. The van der Waals surface area contributed by atoms with E-state index in [1.165, 1.54) is 0 Å². The number of hydrogen-bond acceptors (Lipinski definition) is 3. The van der Waals surface area contributed by atoms with Crippen LogP contribution in [0.15, 0.2) is 28.7 Å². The standard InChI is InChI=1S/C12H11BrN2O3/c1-2-12(7-3-5-8(13)6-4-7)9(16)14-11(18)15-10(12)17/h3-6H,2H2,1H3,(H2,14,15,16,17,18). The van der Waals surface area contributed by atoms with E-state index in [4.69, 9.17) is 0 Å². The molecule has 1 aromatic rings. The normalized spacial score (nSPS) is 18.2. The molecular weight excluding hydrogens is 300 g/mol. The van der Waals surface area contributed by atoms with Crippen LogP contribution in [0.5, 0.6) is 0 Å². The molecular formula is C12H11BrN2O3. The third kappa shape index (κ3) is 1.82. The molecule has 0 aliphatic carbocycles. The molecule has 1 aliphatic rings. The van der Waals surface area contributed by atoms with E-state index < -0.39 is 23.3 Å². The Balaban J connectivity index is 2.53. The summed E-state index contributed by atoms with van der Waals surface area (Å²) < 4.78 is 0.852. The highest BCUT2D eigenvalue weighted by Gasteiger charge is 2.50. The average molecular weight is 311 g/mol. The van der Waals surface area contributed by atoms with E-state index in [0.29, 0.717) is 5.56 Å². The molecule has 6 heteroatoms. The highest BCUT2D eigenvalue weighted by atomic mass is 79.9. The summed E-state index contributed by atoms with van der Waals surface area (Å²) in [6.45, 7) is 1.73. The predicted octanol–water partition coefficient (Wildman–Crippen LogP) is 1.46. The second-order valence-electron chi connectivity index (χ2n) is 4.00. The van der Waals surface area contributed by atoms with E-state index in [-0.39, 0.29) is 6.42 Å². The highest BCUT2D eigenvalue weighted by molar-refractivity contribution is 9.10. The maximum Gasteiger partial charge on any atom is 0.328 e. The second-order valence-corrected chi connectivity index (χ2v) is 4.92. The van der Waals surface area contributed by atoms with Crippen molar-refractivity contribution in [1.82, 2.24) is 10.6 Å². The van der Waals surface area contributed by atoms with Gasteiger partial charge in [0, 0.05) is 4.47 Å². The van der Waals surface area contributed by atoms with Crippen molar-refractivity contribution < 1.29 is 14.4 Å². The molecule has 1 fully saturated rings. The van der Waals surface area contributed by atoms with Crippen LogP contribution in [0.25, 0.3) is 0 Å². The zero-order valence-electron chi connectivity index (χ0n) is 9.62. The first-order valence-corrected chi connectivity index (χ1v) is 6.23. The van der Waals surface area contributed by atoms with E-state index in [0.717, 1.165) is 4.47 Å². The minimum Gasteiger partial charge on any atom is -0.277 e. The van der Waals surface area contributed by atoms with Gasteiger partial charge in [-0.05, 0) is 24.1 Å². The number of hydrogen-bond donors (Lipinski definition) is 2. The van der Waals surface area contributed by atoms with Crippen molar-refractivity contribution in [1.29, 1.82) is 0 Å². The van der Waals surface area contributed by atoms with Gasteiger partial charge < -0.3 is 0 Å². The van der Waals surface area contributed by atoms with E-state index in [1.807, 2.05) is 0 Å². The minimum atomic E-state index is -1.34. The molecule has 0 bridgehead atoms. The Labute approximate surface area is 112 Å². The third-order valence-electron chi connectivity index (χ3n) is 3.10. The first kappa shape index (κ1) is 12.8. The Morgan fingerprint density at radius 3 is 2.00 bits per heavy atom. The maximum atomic E-state index is 12.0. The zero-order chi connectivity index (χ0) is 13.3. The van der Waals surface area contributed by atoms with Crippen LogP contribution in [0.4, 0.5) is 4.79 Å². The van der Waals surface area contributed by atoms with Gasteiger partial charge in [-0.15, -0.1) is 0 Å². The van der Waals surface area contributed by atoms with Gasteiger partial charge in [0.15, 0.2) is 5.41 Å². The van der Waals surface area contributed by atoms with Gasteiger partial charge in [-0.25, -0.2) is 4.79 Å². The number of benzene rings is 1. The molecule has 0 unspecified atom stereocenters. The summed E-state index contributed by atoms with van der Waals surface area (Å²) in [5.41, 5.74) is -0.773. The van der Waals surface area contributed by atoms with Gasteiger partial charge in [0.2, 0.25) is 11.8 Å². The molecule has 2 rings (SSSR count). The molecule has 5 nitrogen and oxygen atoms in total. The van der Waals surface area contributed by atoms with Gasteiger partial charge in [0.1, 0.15) is 0 Å². The van der Waals surface area contributed by atoms with Crippen molar-refractivity contribution in [3.8, 4) is 0 Å². The molecule has 1 aliphatic heterocycles. The van der Waals surface area contributed by atoms with Crippen LogP contribution < -0.4 is 10.6 Å². The summed E-state index contributed by atoms with van der Waals surface area (Å²) in [5.74, 6) is -1.16. The fourth-order valence-electron chi connectivity index (χ4n) is 2.08. The summed E-state index contributed by atoms with van der Waals surface area (Å²) in [4.78, 5) is 35.2. The van der Waals surface area contributed by atoms with Crippen LogP contribution in [0, 0.1) is 0 Å². The first-order chi connectivity index (χ1) is 8.50. The van der Waals surface area contributed by atoms with Crippen molar-refractivity contribution in [2.24, 2.45) is 0 Å². The highest BCUT2D eigenvalue weighted by Crippen LogP contribution is 2.31. The Bertz CT molecular complexity index is 505. The van der Waals surface area contributed by atoms with Gasteiger partial charge >= 0.3 is 6.03 Å². The number of amides is 4. The number of barbiturate groups is 1. The molecule has 4 amide bonds. The van der Waals surface area contributed by atoms with E-state index in [1.54, 1.807) is 31.2 Å². The molecule has 1 heterocycles. The number of carbonyl (C=O) groups is 3. The van der Waals surface area contributed by atoms with Crippen molar-refractivity contribution in [2.45, 2.75) is 18.8 Å². The van der Waals surface area contributed by atoms with Gasteiger partial charge in [-0.2, -0.15) is 0 Å². The molecule has 0 radical (unpaired) electrons. The first-order valence-electron chi connectivity index (χ1n) is 5.43. The molecule has 94 valence electrons. The Morgan fingerprint density at radius 2 is 1.56 bits per heavy atom. The lowest BCUT2D eigenvalue weighted by atomic mass is 9.75. The van der Waals surface area contributed by atoms with E-state index in [2.05, 4.69) is 26.6 Å². The van der Waals surface area contributed by atoms with Crippen LogP contribution in [-0.4, -0.2) is 17.8 Å². The van der Waals surface area contributed by atoms with Crippen LogP contribution in [-0.2, 0) is 15.0 Å². The quantitative estimate of drug-likeness (QED) is 0.812. The van der Waals surface area contributed by atoms with Crippen LogP contribution in [0.3, 0.4) is 0 Å². The molecule has 0 spiro atoms. The summed E-state index contributed by atoms with van der Waals surface area (Å²) in [7, 11) is 0. The number of rotatable bonds is 2. The predicted molar refractivity (Wildman–Crippen MR) is 67.8 cm³/mol. The maximum absolute atomic E-state index is 12.0. The Kier molecular flexibility index (Phi) is 3.21. The molecule has 1 saturated heterocycles. The fraction of sp³-hybridized carbons (Fsp3) is 0.250. The van der Waals surface area contributed by atoms with Crippen LogP contribution >= 0.6 is 15.9 Å². The smallest absolute Gasteiger partial charge is 0.277 e. The van der Waals surface area contributed by atoms with Crippen molar-refractivity contribution in [3.63, 3.8) is 0 Å². The minimum absolute atomic E-state index is 0.277. The molecule has 1 aromatic carbocycles. The zero-order valence-corrected chi connectivity index (χ0v) is 11.2. The lowest BCUT2D eigenvalue weighted by molar-refractivity contribution is -0.138. The van der Waals surface area contributed by atoms with Crippen molar-refractivity contribution in [3.05, 3.63) is 34.3 Å². The average Bonchev–Trinajstić information content (AvgIpc) is 2.31. The monoisotopic (exact) mass is 310 g/mol.